The Morgan fingerprint density at radius 3 is 2.74 bits per heavy atom. The Bertz CT molecular complexity index is 821. The molecule has 3 atom stereocenters. The summed E-state index contributed by atoms with van der Waals surface area (Å²) in [4.78, 5) is 26.8. The first-order valence-corrected chi connectivity index (χ1v) is 9.17. The van der Waals surface area contributed by atoms with E-state index in [9.17, 15) is 14.7 Å². The van der Waals surface area contributed by atoms with Crippen molar-refractivity contribution in [2.24, 2.45) is 0 Å². The van der Waals surface area contributed by atoms with Crippen molar-refractivity contribution in [3.8, 4) is 0 Å². The number of halogens is 1. The van der Waals surface area contributed by atoms with Gasteiger partial charge < -0.3 is 19.8 Å². The highest BCUT2D eigenvalue weighted by Crippen LogP contribution is 2.22. The first-order chi connectivity index (χ1) is 12.8. The van der Waals surface area contributed by atoms with E-state index in [-0.39, 0.29) is 37.2 Å². The molecule has 8 heteroatoms. The van der Waals surface area contributed by atoms with Gasteiger partial charge in [0.05, 0.1) is 24.3 Å². The number of amides is 2. The minimum atomic E-state index is -0.730. The van der Waals surface area contributed by atoms with Crippen LogP contribution in [0.4, 0.5) is 0 Å². The number of aromatic nitrogens is 1. The maximum absolute atomic E-state index is 12.7. The van der Waals surface area contributed by atoms with Crippen molar-refractivity contribution in [3.63, 3.8) is 0 Å². The van der Waals surface area contributed by atoms with Crippen molar-refractivity contribution in [3.05, 3.63) is 52.4 Å². The molecule has 0 saturated carbocycles. The molecule has 2 aromatic rings. The highest BCUT2D eigenvalue weighted by molar-refractivity contribution is 6.30. The Morgan fingerprint density at radius 1 is 1.41 bits per heavy atom. The fourth-order valence-electron chi connectivity index (χ4n) is 3.23. The molecular formula is C19H22ClN3O4. The fraction of sp³-hybridized carbons (Fsp3) is 0.421. The highest BCUT2D eigenvalue weighted by Gasteiger charge is 2.39. The maximum atomic E-state index is 12.7. The first kappa shape index (κ1) is 19.4. The van der Waals surface area contributed by atoms with E-state index in [4.69, 9.17) is 16.1 Å². The molecule has 1 saturated heterocycles. The quantitative estimate of drug-likeness (QED) is 0.812. The number of rotatable bonds is 5. The minimum Gasteiger partial charge on any atom is -0.391 e. The number of hydrogen-bond donors (Lipinski definition) is 2. The smallest absolute Gasteiger partial charge is 0.243 e. The number of nitrogens with one attached hydrogen (secondary N) is 1. The standard InChI is InChI=1S/C19H22ClN3O4/c1-11-7-16(27-22-11)9-18(25)23-10-15(24)8-17(23)19(26)21-12(2)13-3-5-14(20)6-4-13/h3-7,12,15,17,24H,8-10H2,1-2H3,(H,21,26)/t12-,15+,17-/m0/s1. The number of likely N-dealkylation sites (tertiary alicyclic amines) is 1. The number of aryl methyl sites for hydroxylation is 1. The molecule has 2 amide bonds. The molecule has 0 unspecified atom stereocenters. The number of carbonyl (C=O) groups is 2. The molecule has 1 aromatic carbocycles. The van der Waals surface area contributed by atoms with Crippen LogP contribution in [0.3, 0.4) is 0 Å². The van der Waals surface area contributed by atoms with Crippen molar-refractivity contribution < 1.29 is 19.2 Å². The van der Waals surface area contributed by atoms with Crippen molar-refractivity contribution in [1.29, 1.82) is 0 Å². The van der Waals surface area contributed by atoms with E-state index in [1.54, 1.807) is 25.1 Å². The molecule has 0 aliphatic carbocycles. The molecule has 0 bridgehead atoms. The molecule has 7 nitrogen and oxygen atoms in total. The van der Waals surface area contributed by atoms with Gasteiger partial charge in [0.25, 0.3) is 0 Å². The van der Waals surface area contributed by atoms with Crippen LogP contribution < -0.4 is 5.32 Å². The van der Waals surface area contributed by atoms with E-state index in [2.05, 4.69) is 10.5 Å². The van der Waals surface area contributed by atoms with E-state index < -0.39 is 12.1 Å². The van der Waals surface area contributed by atoms with Crippen molar-refractivity contribution in [2.45, 2.75) is 44.9 Å². The van der Waals surface area contributed by atoms with E-state index in [0.717, 1.165) is 5.56 Å². The number of nitrogens with zero attached hydrogens (tertiary/aromatic N) is 2. The molecule has 1 aliphatic rings. The molecule has 0 spiro atoms. The second-order valence-corrected chi connectivity index (χ2v) is 7.28. The summed E-state index contributed by atoms with van der Waals surface area (Å²) in [5.74, 6) is -0.134. The van der Waals surface area contributed by atoms with Gasteiger partial charge in [0.15, 0.2) is 0 Å². The van der Waals surface area contributed by atoms with Gasteiger partial charge in [0, 0.05) is 24.1 Å². The zero-order valence-corrected chi connectivity index (χ0v) is 15.9. The number of carbonyl (C=O) groups excluding carboxylic acids is 2. The molecule has 1 aromatic heterocycles. The summed E-state index contributed by atoms with van der Waals surface area (Å²) in [6, 6.07) is 7.91. The Kier molecular flexibility index (Phi) is 5.82. The van der Waals surface area contributed by atoms with E-state index in [0.29, 0.717) is 16.5 Å². The predicted octanol–water partition coefficient (Wildman–Crippen LogP) is 2.02. The summed E-state index contributed by atoms with van der Waals surface area (Å²) in [7, 11) is 0. The lowest BCUT2D eigenvalue weighted by molar-refractivity contribution is -0.138. The average Bonchev–Trinajstić information content (AvgIpc) is 3.21. The number of β-amino-alcohol motifs (C(OH)–C–C–N with tert-alkyl or cyclic N) is 1. The highest BCUT2D eigenvalue weighted by atomic mass is 35.5. The van der Waals surface area contributed by atoms with Crippen LogP contribution in [0, 0.1) is 6.92 Å². The fourth-order valence-corrected chi connectivity index (χ4v) is 3.36. The van der Waals surface area contributed by atoms with Crippen LogP contribution in [0.2, 0.25) is 5.02 Å². The van der Waals surface area contributed by atoms with Gasteiger partial charge in [-0.2, -0.15) is 0 Å². The lowest BCUT2D eigenvalue weighted by Crippen LogP contribution is -2.47. The molecule has 27 heavy (non-hydrogen) atoms. The van der Waals surface area contributed by atoms with Crippen molar-refractivity contribution in [2.75, 3.05) is 6.54 Å². The van der Waals surface area contributed by atoms with Crippen LogP contribution in [-0.4, -0.2) is 45.7 Å². The Balaban J connectivity index is 1.66. The van der Waals surface area contributed by atoms with E-state index in [1.165, 1.54) is 4.90 Å². The molecule has 3 rings (SSSR count). The summed E-state index contributed by atoms with van der Waals surface area (Å²) >= 11 is 5.89. The third-order valence-corrected chi connectivity index (χ3v) is 4.88. The van der Waals surface area contributed by atoms with Gasteiger partial charge in [-0.15, -0.1) is 0 Å². The summed E-state index contributed by atoms with van der Waals surface area (Å²) in [6.45, 7) is 3.75. The molecule has 0 radical (unpaired) electrons. The van der Waals surface area contributed by atoms with Gasteiger partial charge in [0.2, 0.25) is 11.8 Å². The number of hydrogen-bond acceptors (Lipinski definition) is 5. The molecular weight excluding hydrogens is 370 g/mol. The zero-order valence-electron chi connectivity index (χ0n) is 15.2. The van der Waals surface area contributed by atoms with Gasteiger partial charge in [-0.3, -0.25) is 9.59 Å². The summed E-state index contributed by atoms with van der Waals surface area (Å²) in [6.07, 6.45) is -0.517. The van der Waals surface area contributed by atoms with Crippen LogP contribution in [0.25, 0.3) is 0 Å². The predicted molar refractivity (Wildman–Crippen MR) is 99.1 cm³/mol. The van der Waals surface area contributed by atoms with Crippen LogP contribution in [0.1, 0.15) is 36.4 Å². The second kappa shape index (κ2) is 8.10. The topological polar surface area (TPSA) is 95.7 Å². The van der Waals surface area contributed by atoms with Gasteiger partial charge in [-0.05, 0) is 31.5 Å². The molecule has 2 heterocycles. The average molecular weight is 392 g/mol. The third kappa shape index (κ3) is 4.67. The minimum absolute atomic E-state index is 0.00405. The van der Waals surface area contributed by atoms with Crippen molar-refractivity contribution >= 4 is 23.4 Å². The summed E-state index contributed by atoms with van der Waals surface area (Å²) < 4.78 is 5.08. The monoisotopic (exact) mass is 391 g/mol. The van der Waals surface area contributed by atoms with E-state index in [1.807, 2.05) is 19.1 Å². The molecule has 1 aliphatic heterocycles. The molecule has 144 valence electrons. The van der Waals surface area contributed by atoms with Gasteiger partial charge in [-0.25, -0.2) is 0 Å². The SMILES string of the molecule is Cc1cc(CC(=O)N2C[C@H](O)C[C@H]2C(=O)N[C@@H](C)c2ccc(Cl)cc2)on1. The van der Waals surface area contributed by atoms with Crippen LogP contribution >= 0.6 is 11.6 Å². The van der Waals surface area contributed by atoms with Crippen LogP contribution in [-0.2, 0) is 16.0 Å². The Labute approximate surface area is 162 Å². The van der Waals surface area contributed by atoms with Crippen molar-refractivity contribution in [1.82, 2.24) is 15.4 Å². The van der Waals surface area contributed by atoms with Gasteiger partial charge in [0.1, 0.15) is 11.8 Å². The van der Waals surface area contributed by atoms with Gasteiger partial charge >= 0.3 is 0 Å². The molecule has 1 fully saturated rings. The van der Waals surface area contributed by atoms with Crippen LogP contribution in [0.5, 0.6) is 0 Å². The summed E-state index contributed by atoms with van der Waals surface area (Å²) in [5.41, 5.74) is 1.59. The second-order valence-electron chi connectivity index (χ2n) is 6.84. The summed E-state index contributed by atoms with van der Waals surface area (Å²) in [5, 5.41) is 17.3. The Morgan fingerprint density at radius 2 is 2.11 bits per heavy atom. The van der Waals surface area contributed by atoms with E-state index >= 15 is 0 Å². The Hall–Kier alpha value is -2.38. The third-order valence-electron chi connectivity index (χ3n) is 4.63. The van der Waals surface area contributed by atoms with Gasteiger partial charge in [-0.1, -0.05) is 28.9 Å². The lowest BCUT2D eigenvalue weighted by atomic mass is 10.1. The number of benzene rings is 1. The largest absolute Gasteiger partial charge is 0.391 e. The maximum Gasteiger partial charge on any atom is 0.243 e. The normalized spacial score (nSPS) is 20.5. The van der Waals surface area contributed by atoms with Crippen LogP contribution in [0.15, 0.2) is 34.9 Å². The lowest BCUT2D eigenvalue weighted by Gasteiger charge is -2.25. The molecule has 2 N–H and O–H groups in total. The zero-order chi connectivity index (χ0) is 19.6. The number of aliphatic hydroxyl groups is 1. The number of aliphatic hydroxyl groups excluding tert-OH is 1. The first-order valence-electron chi connectivity index (χ1n) is 8.79.